The molecule has 1 aromatic carbocycles. The summed E-state index contributed by atoms with van der Waals surface area (Å²) in [6.45, 7) is 0. The summed E-state index contributed by atoms with van der Waals surface area (Å²) in [5.41, 5.74) is -5.23. The fourth-order valence-corrected chi connectivity index (χ4v) is 2.68. The first-order valence-electron chi connectivity index (χ1n) is 6.05. The fourth-order valence-electron chi connectivity index (χ4n) is 1.97. The van der Waals surface area contributed by atoms with Gasteiger partial charge in [0, 0.05) is 7.05 Å². The van der Waals surface area contributed by atoms with Crippen LogP contribution in [0.15, 0.2) is 18.2 Å². The summed E-state index contributed by atoms with van der Waals surface area (Å²) < 4.78 is 77.0. The Balaban J connectivity index is 2.59. The van der Waals surface area contributed by atoms with Gasteiger partial charge in [-0.1, -0.05) is 0 Å². The summed E-state index contributed by atoms with van der Waals surface area (Å²) in [7, 11) is 1.31. The van der Waals surface area contributed by atoms with Crippen molar-refractivity contribution in [3.05, 3.63) is 29.3 Å². The highest BCUT2D eigenvalue weighted by atomic mass is 32.2. The molecule has 0 aromatic heterocycles. The van der Waals surface area contributed by atoms with E-state index in [0.717, 1.165) is 16.8 Å². The minimum atomic E-state index is -5.01. The Bertz CT molecular complexity index is 586. The second kappa shape index (κ2) is 5.87. The van der Waals surface area contributed by atoms with E-state index in [1.165, 1.54) is 7.05 Å². The van der Waals surface area contributed by atoms with Gasteiger partial charge in [-0.15, -0.1) is 11.8 Å². The van der Waals surface area contributed by atoms with Crippen LogP contribution in [0.2, 0.25) is 0 Å². The van der Waals surface area contributed by atoms with Gasteiger partial charge >= 0.3 is 12.4 Å². The van der Waals surface area contributed by atoms with Crippen molar-refractivity contribution in [2.75, 3.05) is 17.9 Å². The third-order valence-electron chi connectivity index (χ3n) is 3.00. The molecule has 1 heterocycles. The van der Waals surface area contributed by atoms with Crippen LogP contribution in [-0.2, 0) is 17.1 Å². The maximum atomic E-state index is 12.8. The number of carbonyl (C=O) groups excluding carboxylic acids is 1. The Morgan fingerprint density at radius 3 is 2.00 bits per heavy atom. The second-order valence-electron chi connectivity index (χ2n) is 4.72. The molecule has 2 rings (SSSR count). The molecule has 1 saturated heterocycles. The van der Waals surface area contributed by atoms with E-state index in [0.29, 0.717) is 17.1 Å². The Hall–Kier alpha value is -1.46. The molecule has 128 valence electrons. The smallest absolute Gasteiger partial charge is 0.373 e. The zero-order chi connectivity index (χ0) is 17.6. The van der Waals surface area contributed by atoms with E-state index < -0.39 is 40.5 Å². The van der Waals surface area contributed by atoms with Gasteiger partial charge in [0.15, 0.2) is 5.44 Å². The van der Waals surface area contributed by atoms with Crippen LogP contribution in [0.4, 0.5) is 32.0 Å². The highest BCUT2D eigenvalue weighted by Crippen LogP contribution is 2.39. The summed E-state index contributed by atoms with van der Waals surface area (Å²) in [5, 5.41) is 11.2. The van der Waals surface area contributed by atoms with Gasteiger partial charge in [0.1, 0.15) is 0 Å². The van der Waals surface area contributed by atoms with Crippen LogP contribution in [0.1, 0.15) is 11.1 Å². The van der Waals surface area contributed by atoms with E-state index in [-0.39, 0.29) is 11.9 Å². The van der Waals surface area contributed by atoms with Crippen LogP contribution < -0.4 is 5.01 Å². The van der Waals surface area contributed by atoms with Crippen LogP contribution in [0.3, 0.4) is 0 Å². The normalized spacial score (nSPS) is 21.0. The van der Waals surface area contributed by atoms with Gasteiger partial charge in [0.25, 0.3) is 5.91 Å². The van der Waals surface area contributed by atoms with Crippen molar-refractivity contribution in [3.63, 3.8) is 0 Å². The average molecular weight is 360 g/mol. The molecule has 1 unspecified atom stereocenters. The Morgan fingerprint density at radius 1 is 1.09 bits per heavy atom. The molecule has 0 saturated carbocycles. The topological polar surface area (TPSA) is 43.8 Å². The molecule has 0 aliphatic carbocycles. The number of aliphatic hydroxyl groups excluding tert-OH is 1. The average Bonchev–Trinajstić information content (AvgIpc) is 2.41. The molecular formula is C12H10F6N2O2S. The van der Waals surface area contributed by atoms with Crippen molar-refractivity contribution in [1.29, 1.82) is 0 Å². The van der Waals surface area contributed by atoms with Gasteiger partial charge in [-0.05, 0) is 18.2 Å². The first kappa shape index (κ1) is 17.9. The van der Waals surface area contributed by atoms with E-state index >= 15 is 0 Å². The van der Waals surface area contributed by atoms with Crippen LogP contribution in [-0.4, -0.2) is 34.4 Å². The summed E-state index contributed by atoms with van der Waals surface area (Å²) >= 11 is 0.798. The zero-order valence-electron chi connectivity index (χ0n) is 11.4. The molecule has 1 N–H and O–H groups in total. The third kappa shape index (κ3) is 3.72. The largest absolute Gasteiger partial charge is 0.416 e. The minimum Gasteiger partial charge on any atom is -0.373 e. The number of thioether (sulfide) groups is 1. The quantitative estimate of drug-likeness (QED) is 0.783. The number of carbonyl (C=O) groups is 1. The predicted octanol–water partition coefficient (Wildman–Crippen LogP) is 2.93. The summed E-state index contributed by atoms with van der Waals surface area (Å²) in [6, 6.07) is 0.849. The number of rotatable bonds is 1. The number of aliphatic hydroxyl groups is 1. The molecular weight excluding hydrogens is 350 g/mol. The number of anilines is 1. The third-order valence-corrected chi connectivity index (χ3v) is 4.04. The first-order chi connectivity index (χ1) is 10.4. The fraction of sp³-hybridized carbons (Fsp3) is 0.417. The van der Waals surface area contributed by atoms with Crippen molar-refractivity contribution in [1.82, 2.24) is 5.01 Å². The maximum Gasteiger partial charge on any atom is 0.416 e. The van der Waals surface area contributed by atoms with Gasteiger partial charge in [0.05, 0.1) is 22.7 Å². The lowest BCUT2D eigenvalue weighted by molar-refractivity contribution is -0.143. The number of hydrogen-bond acceptors (Lipinski definition) is 4. The number of benzene rings is 1. The van der Waals surface area contributed by atoms with Gasteiger partial charge in [0.2, 0.25) is 0 Å². The van der Waals surface area contributed by atoms with E-state index in [2.05, 4.69) is 0 Å². The van der Waals surface area contributed by atoms with Crippen LogP contribution in [0, 0.1) is 0 Å². The second-order valence-corrected chi connectivity index (χ2v) is 5.76. The molecule has 1 aliphatic heterocycles. The van der Waals surface area contributed by atoms with Crippen molar-refractivity contribution >= 4 is 23.4 Å². The molecule has 11 heteroatoms. The first-order valence-corrected chi connectivity index (χ1v) is 7.10. The van der Waals surface area contributed by atoms with Gasteiger partial charge < -0.3 is 5.11 Å². The van der Waals surface area contributed by atoms with Crippen molar-refractivity contribution in [2.45, 2.75) is 17.8 Å². The Morgan fingerprint density at radius 2 is 1.57 bits per heavy atom. The summed E-state index contributed by atoms with van der Waals surface area (Å²) in [6.07, 6.45) is -10.0. The van der Waals surface area contributed by atoms with E-state index in [4.69, 9.17) is 0 Å². The van der Waals surface area contributed by atoms with Crippen LogP contribution >= 0.6 is 11.8 Å². The molecule has 1 aliphatic rings. The molecule has 23 heavy (non-hydrogen) atoms. The van der Waals surface area contributed by atoms with Gasteiger partial charge in [-0.3, -0.25) is 4.79 Å². The highest BCUT2D eigenvalue weighted by molar-refractivity contribution is 8.00. The standard InChI is InChI=1S/C12H10F6N2O2S/c1-19-5-23-10(22)9(21)20(19)8-3-6(11(13,14)15)2-7(4-8)12(16,17)18/h2-4,10,22H,5H2,1H3. The van der Waals surface area contributed by atoms with Crippen LogP contribution in [0.5, 0.6) is 0 Å². The SMILES string of the molecule is CN1CSC(O)C(=O)N1c1cc(C(F)(F)F)cc(C(F)(F)F)c1. The zero-order valence-corrected chi connectivity index (χ0v) is 12.3. The highest BCUT2D eigenvalue weighted by Gasteiger charge is 2.40. The maximum absolute atomic E-state index is 12.8. The summed E-state index contributed by atoms with van der Waals surface area (Å²) in [4.78, 5) is 11.9. The van der Waals surface area contributed by atoms with Crippen molar-refractivity contribution in [2.24, 2.45) is 0 Å². The van der Waals surface area contributed by atoms with Crippen LogP contribution in [0.25, 0.3) is 0 Å². The molecule has 1 amide bonds. The predicted molar refractivity (Wildman–Crippen MR) is 70.2 cm³/mol. The molecule has 0 radical (unpaired) electrons. The number of nitrogens with zero attached hydrogens (tertiary/aromatic N) is 2. The van der Waals surface area contributed by atoms with Crippen molar-refractivity contribution < 1.29 is 36.2 Å². The number of halogens is 6. The minimum absolute atomic E-state index is 0.0184. The molecule has 1 fully saturated rings. The number of hydrogen-bond donors (Lipinski definition) is 1. The molecule has 0 bridgehead atoms. The van der Waals surface area contributed by atoms with E-state index in [1.807, 2.05) is 0 Å². The Kier molecular flexibility index (Phi) is 4.57. The van der Waals surface area contributed by atoms with Crippen molar-refractivity contribution in [3.8, 4) is 0 Å². The molecule has 0 spiro atoms. The van der Waals surface area contributed by atoms with Gasteiger partial charge in [-0.2, -0.15) is 26.3 Å². The monoisotopic (exact) mass is 360 g/mol. The molecule has 4 nitrogen and oxygen atoms in total. The Labute approximate surface area is 130 Å². The lowest BCUT2D eigenvalue weighted by atomic mass is 10.1. The molecule has 1 atom stereocenters. The van der Waals surface area contributed by atoms with Gasteiger partial charge in [-0.25, -0.2) is 10.0 Å². The molecule has 1 aromatic rings. The number of alkyl halides is 6. The van der Waals surface area contributed by atoms with E-state index in [1.54, 1.807) is 0 Å². The van der Waals surface area contributed by atoms with E-state index in [9.17, 15) is 36.2 Å². The number of amides is 1. The summed E-state index contributed by atoms with van der Waals surface area (Å²) in [5.74, 6) is -0.999. The number of hydrazine groups is 1. The lowest BCUT2D eigenvalue weighted by Gasteiger charge is -2.37. The lowest BCUT2D eigenvalue weighted by Crippen LogP contribution is -2.52.